The fourth-order valence-corrected chi connectivity index (χ4v) is 2.96. The molecule has 0 aliphatic heterocycles. The van der Waals surface area contributed by atoms with Crippen molar-refractivity contribution in [3.05, 3.63) is 39.8 Å². The zero-order valence-corrected chi connectivity index (χ0v) is 12.5. The molecule has 0 unspecified atom stereocenters. The summed E-state index contributed by atoms with van der Waals surface area (Å²) < 4.78 is 0. The molecule has 0 aliphatic carbocycles. The third-order valence-electron chi connectivity index (χ3n) is 2.33. The van der Waals surface area contributed by atoms with E-state index in [1.807, 2.05) is 37.4 Å². The van der Waals surface area contributed by atoms with Gasteiger partial charge in [0.25, 0.3) is 0 Å². The number of rotatable bonds is 5. The van der Waals surface area contributed by atoms with Crippen LogP contribution < -0.4 is 5.32 Å². The Hall–Kier alpha value is -1.40. The minimum absolute atomic E-state index is 0.00107. The maximum Gasteiger partial charge on any atom is 0.230 e. The fraction of sp³-hybridized carbons (Fsp3) is 0.308. The van der Waals surface area contributed by atoms with E-state index in [0.717, 1.165) is 16.3 Å². The molecule has 2 aromatic rings. The predicted molar refractivity (Wildman–Crippen MR) is 78.4 cm³/mol. The van der Waals surface area contributed by atoms with Crippen LogP contribution in [0.15, 0.2) is 28.7 Å². The molecule has 19 heavy (non-hydrogen) atoms. The maximum atomic E-state index is 11.7. The Morgan fingerprint density at radius 2 is 2.11 bits per heavy atom. The molecule has 0 saturated heterocycles. The van der Waals surface area contributed by atoms with Gasteiger partial charge < -0.3 is 5.32 Å². The van der Waals surface area contributed by atoms with Crippen molar-refractivity contribution in [3.63, 3.8) is 0 Å². The highest BCUT2D eigenvalue weighted by molar-refractivity contribution is 7.99. The highest BCUT2D eigenvalue weighted by Crippen LogP contribution is 2.14. The number of hydrogen-bond acceptors (Lipinski definition) is 5. The Labute approximate surface area is 120 Å². The van der Waals surface area contributed by atoms with Gasteiger partial charge in [0.1, 0.15) is 0 Å². The zero-order chi connectivity index (χ0) is 13.7. The molecule has 0 bridgehead atoms. The van der Waals surface area contributed by atoms with Gasteiger partial charge in [0, 0.05) is 16.3 Å². The standard InChI is InChI=1S/C13H15N3OS2/c1-9-6-10(2)16-13(15-9)19-8-12(17)14-7-11-4-3-5-18-11/h3-6H,7-8H2,1-2H3,(H,14,17). The van der Waals surface area contributed by atoms with Gasteiger partial charge in [-0.15, -0.1) is 11.3 Å². The van der Waals surface area contributed by atoms with Gasteiger partial charge >= 0.3 is 0 Å². The van der Waals surface area contributed by atoms with Crippen LogP contribution in [0.2, 0.25) is 0 Å². The van der Waals surface area contributed by atoms with E-state index >= 15 is 0 Å². The van der Waals surface area contributed by atoms with Crippen LogP contribution in [0, 0.1) is 13.8 Å². The van der Waals surface area contributed by atoms with Crippen LogP contribution in [-0.4, -0.2) is 21.6 Å². The average Bonchev–Trinajstić information content (AvgIpc) is 2.86. The lowest BCUT2D eigenvalue weighted by atomic mass is 10.4. The number of carbonyl (C=O) groups excluding carboxylic acids is 1. The lowest BCUT2D eigenvalue weighted by molar-refractivity contribution is -0.118. The number of nitrogens with zero attached hydrogens (tertiary/aromatic N) is 2. The average molecular weight is 293 g/mol. The van der Waals surface area contributed by atoms with Crippen molar-refractivity contribution in [2.45, 2.75) is 25.5 Å². The van der Waals surface area contributed by atoms with Gasteiger partial charge in [-0.05, 0) is 31.4 Å². The highest BCUT2D eigenvalue weighted by atomic mass is 32.2. The minimum Gasteiger partial charge on any atom is -0.350 e. The number of thioether (sulfide) groups is 1. The van der Waals surface area contributed by atoms with E-state index in [-0.39, 0.29) is 5.91 Å². The monoisotopic (exact) mass is 293 g/mol. The Balaban J connectivity index is 1.79. The lowest BCUT2D eigenvalue weighted by Gasteiger charge is -2.04. The molecule has 0 aliphatic rings. The normalized spacial score (nSPS) is 10.4. The van der Waals surface area contributed by atoms with Crippen molar-refractivity contribution < 1.29 is 4.79 Å². The largest absolute Gasteiger partial charge is 0.350 e. The van der Waals surface area contributed by atoms with Crippen LogP contribution in [0.3, 0.4) is 0 Å². The van der Waals surface area contributed by atoms with E-state index in [2.05, 4.69) is 15.3 Å². The van der Waals surface area contributed by atoms with Crippen molar-refractivity contribution in [1.82, 2.24) is 15.3 Å². The minimum atomic E-state index is 0.00107. The van der Waals surface area contributed by atoms with E-state index in [1.165, 1.54) is 11.8 Å². The van der Waals surface area contributed by atoms with Crippen molar-refractivity contribution in [1.29, 1.82) is 0 Å². The summed E-state index contributed by atoms with van der Waals surface area (Å²) >= 11 is 3.00. The third kappa shape index (κ3) is 4.65. The maximum absolute atomic E-state index is 11.7. The molecule has 0 fully saturated rings. The molecule has 2 heterocycles. The second-order valence-electron chi connectivity index (χ2n) is 4.08. The van der Waals surface area contributed by atoms with Crippen molar-refractivity contribution in [2.75, 3.05) is 5.75 Å². The Morgan fingerprint density at radius 1 is 1.37 bits per heavy atom. The van der Waals surface area contributed by atoms with Gasteiger partial charge in [0.05, 0.1) is 12.3 Å². The molecule has 1 N–H and O–H groups in total. The number of amides is 1. The van der Waals surface area contributed by atoms with E-state index < -0.39 is 0 Å². The summed E-state index contributed by atoms with van der Waals surface area (Å²) in [6, 6.07) is 5.90. The molecule has 100 valence electrons. The van der Waals surface area contributed by atoms with Crippen LogP contribution in [0.25, 0.3) is 0 Å². The number of carbonyl (C=O) groups is 1. The van der Waals surface area contributed by atoms with Crippen LogP contribution >= 0.6 is 23.1 Å². The summed E-state index contributed by atoms with van der Waals surface area (Å²) in [5.41, 5.74) is 1.85. The second kappa shape index (κ2) is 6.68. The number of aryl methyl sites for hydroxylation is 2. The van der Waals surface area contributed by atoms with Gasteiger partial charge in [0.15, 0.2) is 5.16 Å². The molecule has 0 radical (unpaired) electrons. The van der Waals surface area contributed by atoms with Crippen molar-refractivity contribution in [2.24, 2.45) is 0 Å². The van der Waals surface area contributed by atoms with E-state index in [0.29, 0.717) is 17.5 Å². The van der Waals surface area contributed by atoms with Crippen molar-refractivity contribution >= 4 is 29.0 Å². The molecule has 0 spiro atoms. The number of nitrogens with one attached hydrogen (secondary N) is 1. The quantitative estimate of drug-likeness (QED) is 0.680. The summed E-state index contributed by atoms with van der Waals surface area (Å²) in [4.78, 5) is 21.4. The van der Waals surface area contributed by atoms with Gasteiger partial charge in [-0.25, -0.2) is 9.97 Å². The highest BCUT2D eigenvalue weighted by Gasteiger charge is 2.06. The predicted octanol–water partition coefficient (Wildman–Crippen LogP) is 2.56. The molecule has 2 aromatic heterocycles. The smallest absolute Gasteiger partial charge is 0.230 e. The first-order chi connectivity index (χ1) is 9.13. The topological polar surface area (TPSA) is 54.9 Å². The van der Waals surface area contributed by atoms with E-state index in [9.17, 15) is 4.79 Å². The SMILES string of the molecule is Cc1cc(C)nc(SCC(=O)NCc2cccs2)n1. The van der Waals surface area contributed by atoms with Crippen LogP contribution in [0.5, 0.6) is 0 Å². The summed E-state index contributed by atoms with van der Waals surface area (Å²) in [5.74, 6) is 0.343. The summed E-state index contributed by atoms with van der Waals surface area (Å²) in [5, 5.41) is 5.54. The number of hydrogen-bond donors (Lipinski definition) is 1. The van der Waals surface area contributed by atoms with Crippen LogP contribution in [-0.2, 0) is 11.3 Å². The second-order valence-corrected chi connectivity index (χ2v) is 6.05. The molecular formula is C13H15N3OS2. The van der Waals surface area contributed by atoms with Crippen LogP contribution in [0.1, 0.15) is 16.3 Å². The first-order valence-corrected chi connectivity index (χ1v) is 7.74. The number of aromatic nitrogens is 2. The molecule has 0 saturated carbocycles. The molecule has 2 rings (SSSR count). The molecule has 0 atom stereocenters. The molecule has 6 heteroatoms. The molecule has 4 nitrogen and oxygen atoms in total. The summed E-state index contributed by atoms with van der Waals surface area (Å²) in [7, 11) is 0. The summed E-state index contributed by atoms with van der Waals surface area (Å²) in [6.45, 7) is 4.44. The molecular weight excluding hydrogens is 278 g/mol. The zero-order valence-electron chi connectivity index (χ0n) is 10.8. The third-order valence-corrected chi connectivity index (χ3v) is 4.06. The van der Waals surface area contributed by atoms with Gasteiger partial charge in [-0.1, -0.05) is 17.8 Å². The Bertz CT molecular complexity index is 535. The van der Waals surface area contributed by atoms with E-state index in [4.69, 9.17) is 0 Å². The molecule has 1 amide bonds. The van der Waals surface area contributed by atoms with Crippen molar-refractivity contribution in [3.8, 4) is 0 Å². The van der Waals surface area contributed by atoms with Gasteiger partial charge in [-0.3, -0.25) is 4.79 Å². The molecule has 0 aromatic carbocycles. The first-order valence-electron chi connectivity index (χ1n) is 5.87. The van der Waals surface area contributed by atoms with E-state index in [1.54, 1.807) is 11.3 Å². The van der Waals surface area contributed by atoms with Gasteiger partial charge in [-0.2, -0.15) is 0 Å². The number of thiophene rings is 1. The fourth-order valence-electron chi connectivity index (χ4n) is 1.54. The first kappa shape index (κ1) is 14.0. The summed E-state index contributed by atoms with van der Waals surface area (Å²) in [6.07, 6.45) is 0. The Kier molecular flexibility index (Phi) is 4.93. The van der Waals surface area contributed by atoms with Gasteiger partial charge in [0.2, 0.25) is 5.91 Å². The lowest BCUT2D eigenvalue weighted by Crippen LogP contribution is -2.24. The Morgan fingerprint density at radius 3 is 2.74 bits per heavy atom. The van der Waals surface area contributed by atoms with Crippen LogP contribution in [0.4, 0.5) is 0 Å².